The molecule has 0 radical (unpaired) electrons. The number of nitrogens with zero attached hydrogens (tertiary/aromatic N) is 1. The Labute approximate surface area is 150 Å². The van der Waals surface area contributed by atoms with Crippen LogP contribution in [0.3, 0.4) is 0 Å². The molecule has 2 N–H and O–H groups in total. The quantitative estimate of drug-likeness (QED) is 0.753. The largest absolute Gasteiger partial charge is 0.481 e. The van der Waals surface area contributed by atoms with Gasteiger partial charge < -0.3 is 15.3 Å². The Kier molecular flexibility index (Phi) is 6.65. The molecule has 0 saturated carbocycles. The van der Waals surface area contributed by atoms with Crippen molar-refractivity contribution in [2.45, 2.75) is 26.2 Å². The van der Waals surface area contributed by atoms with E-state index in [4.69, 9.17) is 5.11 Å². The standard InChI is InChI=1S/C18H22F2N2O4/c1-11-7-12(18(25)26)10-22(9-11)16(23)3-2-6-21-17(24)14-5-4-13(19)8-15(14)20/h4-5,8,11-12H,2-3,6-7,9-10H2,1H3,(H,21,24)(H,25,26). The zero-order chi connectivity index (χ0) is 19.3. The van der Waals surface area contributed by atoms with Crippen molar-refractivity contribution in [2.24, 2.45) is 11.8 Å². The van der Waals surface area contributed by atoms with Crippen molar-refractivity contribution in [3.05, 3.63) is 35.4 Å². The van der Waals surface area contributed by atoms with Crippen LogP contribution in [0, 0.1) is 23.5 Å². The minimum absolute atomic E-state index is 0.120. The maximum Gasteiger partial charge on any atom is 0.308 e. The van der Waals surface area contributed by atoms with E-state index >= 15 is 0 Å². The van der Waals surface area contributed by atoms with Gasteiger partial charge in [-0.2, -0.15) is 0 Å². The normalized spacial score (nSPS) is 19.9. The Morgan fingerprint density at radius 2 is 2.00 bits per heavy atom. The van der Waals surface area contributed by atoms with Gasteiger partial charge in [-0.05, 0) is 30.9 Å². The first-order valence-electron chi connectivity index (χ1n) is 8.51. The van der Waals surface area contributed by atoms with Gasteiger partial charge in [-0.25, -0.2) is 8.78 Å². The van der Waals surface area contributed by atoms with Crippen molar-refractivity contribution in [3.63, 3.8) is 0 Å². The fourth-order valence-electron chi connectivity index (χ4n) is 3.10. The van der Waals surface area contributed by atoms with E-state index in [0.717, 1.165) is 12.1 Å². The summed E-state index contributed by atoms with van der Waals surface area (Å²) in [4.78, 5) is 36.8. The van der Waals surface area contributed by atoms with E-state index in [1.807, 2.05) is 6.92 Å². The summed E-state index contributed by atoms with van der Waals surface area (Å²) >= 11 is 0. The number of hydrogen-bond donors (Lipinski definition) is 2. The zero-order valence-electron chi connectivity index (χ0n) is 14.5. The van der Waals surface area contributed by atoms with Crippen LogP contribution in [0.25, 0.3) is 0 Å². The molecule has 2 rings (SSSR count). The third-order valence-electron chi connectivity index (χ3n) is 4.39. The lowest BCUT2D eigenvalue weighted by Gasteiger charge is -2.34. The molecule has 0 bridgehead atoms. The lowest BCUT2D eigenvalue weighted by molar-refractivity contribution is -0.146. The van der Waals surface area contributed by atoms with Crippen molar-refractivity contribution in [2.75, 3.05) is 19.6 Å². The molecule has 1 aliphatic rings. The Hall–Kier alpha value is -2.51. The Balaban J connectivity index is 1.77. The number of benzene rings is 1. The summed E-state index contributed by atoms with van der Waals surface area (Å²) in [5, 5.41) is 11.6. The zero-order valence-corrected chi connectivity index (χ0v) is 14.5. The van der Waals surface area contributed by atoms with E-state index in [1.165, 1.54) is 0 Å². The minimum atomic E-state index is -0.944. The van der Waals surface area contributed by atoms with Gasteiger partial charge in [0.05, 0.1) is 11.5 Å². The molecule has 0 spiro atoms. The molecular formula is C18H22F2N2O4. The van der Waals surface area contributed by atoms with Gasteiger partial charge in [0.15, 0.2) is 0 Å². The lowest BCUT2D eigenvalue weighted by Crippen LogP contribution is -2.45. The van der Waals surface area contributed by atoms with E-state index < -0.39 is 29.4 Å². The van der Waals surface area contributed by atoms with Crippen LogP contribution < -0.4 is 5.32 Å². The van der Waals surface area contributed by atoms with E-state index in [2.05, 4.69) is 5.32 Å². The highest BCUT2D eigenvalue weighted by Gasteiger charge is 2.31. The highest BCUT2D eigenvalue weighted by Crippen LogP contribution is 2.22. The van der Waals surface area contributed by atoms with E-state index in [0.29, 0.717) is 25.5 Å². The number of carboxylic acid groups (broad SMARTS) is 1. The third-order valence-corrected chi connectivity index (χ3v) is 4.39. The van der Waals surface area contributed by atoms with E-state index in [-0.39, 0.29) is 36.9 Å². The van der Waals surface area contributed by atoms with Crippen LogP contribution in [-0.4, -0.2) is 47.4 Å². The number of carboxylic acids is 1. The van der Waals surface area contributed by atoms with Crippen molar-refractivity contribution in [1.29, 1.82) is 0 Å². The van der Waals surface area contributed by atoms with Crippen LogP contribution in [0.5, 0.6) is 0 Å². The molecule has 1 saturated heterocycles. The average Bonchev–Trinajstić information content (AvgIpc) is 2.57. The molecular weight excluding hydrogens is 346 g/mol. The third kappa shape index (κ3) is 5.24. The first-order chi connectivity index (χ1) is 12.3. The molecule has 1 aromatic rings. The maximum atomic E-state index is 13.5. The van der Waals surface area contributed by atoms with Gasteiger partial charge in [0.2, 0.25) is 5.91 Å². The molecule has 2 atom stereocenters. The molecule has 6 nitrogen and oxygen atoms in total. The van der Waals surface area contributed by atoms with Crippen LogP contribution in [0.2, 0.25) is 0 Å². The van der Waals surface area contributed by atoms with Crippen molar-refractivity contribution >= 4 is 17.8 Å². The second kappa shape index (κ2) is 8.73. The van der Waals surface area contributed by atoms with Gasteiger partial charge in [0, 0.05) is 32.1 Å². The number of hydrogen-bond acceptors (Lipinski definition) is 3. The van der Waals surface area contributed by atoms with Gasteiger partial charge in [-0.1, -0.05) is 6.92 Å². The number of halogens is 2. The topological polar surface area (TPSA) is 86.7 Å². The van der Waals surface area contributed by atoms with E-state index in [1.54, 1.807) is 4.90 Å². The van der Waals surface area contributed by atoms with Crippen molar-refractivity contribution < 1.29 is 28.3 Å². The number of aliphatic carboxylic acids is 1. The van der Waals surface area contributed by atoms with Crippen LogP contribution in [0.4, 0.5) is 8.78 Å². The fraction of sp³-hybridized carbons (Fsp3) is 0.500. The van der Waals surface area contributed by atoms with E-state index in [9.17, 15) is 23.2 Å². The molecule has 1 fully saturated rings. The molecule has 2 amide bonds. The summed E-state index contributed by atoms with van der Waals surface area (Å²) in [7, 11) is 0. The van der Waals surface area contributed by atoms with Crippen LogP contribution in [0.1, 0.15) is 36.5 Å². The molecule has 1 aromatic carbocycles. The number of carbonyl (C=O) groups excluding carboxylic acids is 2. The number of carbonyl (C=O) groups is 3. The summed E-state index contributed by atoms with van der Waals surface area (Å²) in [5.74, 6) is -3.88. The first kappa shape index (κ1) is 19.8. The van der Waals surface area contributed by atoms with Crippen molar-refractivity contribution in [1.82, 2.24) is 10.2 Å². The molecule has 0 aliphatic carbocycles. The fourth-order valence-corrected chi connectivity index (χ4v) is 3.10. The number of piperidine rings is 1. The molecule has 2 unspecified atom stereocenters. The summed E-state index contributed by atoms with van der Waals surface area (Å²) < 4.78 is 26.3. The number of nitrogens with one attached hydrogen (secondary N) is 1. The van der Waals surface area contributed by atoms with Gasteiger partial charge in [0.25, 0.3) is 5.91 Å². The number of rotatable bonds is 6. The number of amides is 2. The predicted octanol–water partition coefficient (Wildman–Crippen LogP) is 2.04. The second-order valence-corrected chi connectivity index (χ2v) is 6.66. The molecule has 26 heavy (non-hydrogen) atoms. The van der Waals surface area contributed by atoms with Gasteiger partial charge in [0.1, 0.15) is 11.6 Å². The molecule has 142 valence electrons. The first-order valence-corrected chi connectivity index (χ1v) is 8.51. The second-order valence-electron chi connectivity index (χ2n) is 6.66. The molecule has 1 heterocycles. The van der Waals surface area contributed by atoms with Gasteiger partial charge in [-0.15, -0.1) is 0 Å². The Morgan fingerprint density at radius 3 is 2.65 bits per heavy atom. The molecule has 1 aliphatic heterocycles. The lowest BCUT2D eigenvalue weighted by atomic mass is 9.90. The highest BCUT2D eigenvalue weighted by atomic mass is 19.1. The SMILES string of the molecule is CC1CC(C(=O)O)CN(C(=O)CCCNC(=O)c2ccc(F)cc2F)C1. The van der Waals surface area contributed by atoms with Gasteiger partial charge >= 0.3 is 5.97 Å². The minimum Gasteiger partial charge on any atom is -0.481 e. The van der Waals surface area contributed by atoms with Crippen LogP contribution in [0.15, 0.2) is 18.2 Å². The average molecular weight is 368 g/mol. The summed E-state index contributed by atoms with van der Waals surface area (Å²) in [6.45, 7) is 2.79. The summed E-state index contributed by atoms with van der Waals surface area (Å²) in [6.07, 6.45) is 1.06. The van der Waals surface area contributed by atoms with Crippen LogP contribution >= 0.6 is 0 Å². The summed E-state index contributed by atoms with van der Waals surface area (Å²) in [5.41, 5.74) is -0.258. The van der Waals surface area contributed by atoms with Crippen LogP contribution in [-0.2, 0) is 9.59 Å². The predicted molar refractivity (Wildman–Crippen MR) is 89.4 cm³/mol. The Morgan fingerprint density at radius 1 is 1.27 bits per heavy atom. The number of likely N-dealkylation sites (tertiary alicyclic amines) is 1. The maximum absolute atomic E-state index is 13.5. The summed E-state index contributed by atoms with van der Waals surface area (Å²) in [6, 6.07) is 2.69. The monoisotopic (exact) mass is 368 g/mol. The molecule has 8 heteroatoms. The highest BCUT2D eigenvalue weighted by molar-refractivity contribution is 5.94. The van der Waals surface area contributed by atoms with Gasteiger partial charge in [-0.3, -0.25) is 14.4 Å². The Bertz CT molecular complexity index is 696. The van der Waals surface area contributed by atoms with Crippen molar-refractivity contribution in [3.8, 4) is 0 Å². The smallest absolute Gasteiger partial charge is 0.308 e. The molecule has 0 aromatic heterocycles.